The Morgan fingerprint density at radius 3 is 2.88 bits per heavy atom. The van der Waals surface area contributed by atoms with Crippen LogP contribution in [-0.2, 0) is 13.0 Å². The Labute approximate surface area is 104 Å². The first kappa shape index (κ1) is 11.4. The van der Waals surface area contributed by atoms with Crippen LogP contribution in [0.4, 0.5) is 0 Å². The molecule has 2 rings (SSSR count). The van der Waals surface area contributed by atoms with Crippen LogP contribution in [0.5, 0.6) is 0 Å². The van der Waals surface area contributed by atoms with E-state index in [1.54, 1.807) is 0 Å². The minimum Gasteiger partial charge on any atom is -0.241 e. The molecule has 1 heterocycles. The van der Waals surface area contributed by atoms with Gasteiger partial charge in [-0.05, 0) is 18.6 Å². The van der Waals surface area contributed by atoms with Gasteiger partial charge in [-0.3, -0.25) is 0 Å². The van der Waals surface area contributed by atoms with Crippen molar-refractivity contribution < 1.29 is 4.57 Å². The first-order chi connectivity index (χ1) is 7.72. The fourth-order valence-corrected chi connectivity index (χ4v) is 2.22. The highest BCUT2D eigenvalue weighted by molar-refractivity contribution is 9.11. The van der Waals surface area contributed by atoms with Gasteiger partial charge in [0.05, 0.1) is 0 Å². The molecule has 2 nitrogen and oxygen atoms in total. The lowest BCUT2D eigenvalue weighted by Crippen LogP contribution is -2.37. The van der Waals surface area contributed by atoms with Crippen LogP contribution < -0.4 is 4.57 Å². The van der Waals surface area contributed by atoms with E-state index in [-0.39, 0.29) is 0 Å². The molecule has 0 saturated carbocycles. The number of fused-ring (bicyclic) bond motifs is 1. The summed E-state index contributed by atoms with van der Waals surface area (Å²) in [6.07, 6.45) is 2.20. The summed E-state index contributed by atoms with van der Waals surface area (Å²) in [4.78, 5) is 3.47. The maximum Gasteiger partial charge on any atom is 0.255 e. The van der Waals surface area contributed by atoms with Crippen LogP contribution >= 0.6 is 15.9 Å². The maximum absolute atomic E-state index is 3.92. The van der Waals surface area contributed by atoms with Crippen LogP contribution in [0.3, 0.4) is 0 Å². The third kappa shape index (κ3) is 2.19. The zero-order valence-electron chi connectivity index (χ0n) is 9.46. The summed E-state index contributed by atoms with van der Waals surface area (Å²) in [5.74, 6) is 1.27. The number of hydrogen-bond acceptors (Lipinski definition) is 0. The highest BCUT2D eigenvalue weighted by Gasteiger charge is 2.16. The SMILES string of the molecule is C=C(Br)C[n+]1c(CCC)[nH]c2ccccc21. The number of H-pyrrole nitrogens is 1. The van der Waals surface area contributed by atoms with Gasteiger partial charge in [0.2, 0.25) is 0 Å². The Balaban J connectivity index is 2.54. The van der Waals surface area contributed by atoms with Gasteiger partial charge in [0.1, 0.15) is 6.54 Å². The van der Waals surface area contributed by atoms with Gasteiger partial charge >= 0.3 is 0 Å². The van der Waals surface area contributed by atoms with Crippen LogP contribution in [-0.4, -0.2) is 4.98 Å². The first-order valence-electron chi connectivity index (χ1n) is 5.55. The Bertz CT molecular complexity index is 514. The van der Waals surface area contributed by atoms with E-state index in [4.69, 9.17) is 0 Å². The lowest BCUT2D eigenvalue weighted by Gasteiger charge is -1.99. The van der Waals surface area contributed by atoms with Crippen molar-refractivity contribution in [3.8, 4) is 0 Å². The number of nitrogens with zero attached hydrogens (tertiary/aromatic N) is 1. The maximum atomic E-state index is 3.92. The molecule has 0 radical (unpaired) electrons. The Kier molecular flexibility index (Phi) is 3.44. The van der Waals surface area contributed by atoms with Crippen molar-refractivity contribution >= 4 is 27.0 Å². The molecular formula is C13H16BrN2+. The second-order valence-corrected chi connectivity index (χ2v) is 5.06. The Morgan fingerprint density at radius 1 is 1.44 bits per heavy atom. The van der Waals surface area contributed by atoms with Gasteiger partial charge in [-0.1, -0.05) is 41.6 Å². The van der Waals surface area contributed by atoms with E-state index >= 15 is 0 Å². The molecule has 1 aromatic heterocycles. The fourth-order valence-electron chi connectivity index (χ4n) is 1.97. The summed E-state index contributed by atoms with van der Waals surface area (Å²) >= 11 is 3.44. The van der Waals surface area contributed by atoms with Crippen LogP contribution in [0.1, 0.15) is 19.2 Å². The van der Waals surface area contributed by atoms with E-state index < -0.39 is 0 Å². The predicted molar refractivity (Wildman–Crippen MR) is 70.6 cm³/mol. The van der Waals surface area contributed by atoms with Crippen molar-refractivity contribution in [1.29, 1.82) is 0 Å². The number of allylic oxidation sites excluding steroid dienone is 1. The third-order valence-electron chi connectivity index (χ3n) is 2.62. The molecule has 2 aromatic rings. The number of nitrogens with one attached hydrogen (secondary N) is 1. The minimum atomic E-state index is 0.819. The van der Waals surface area contributed by atoms with E-state index in [0.29, 0.717) is 0 Å². The van der Waals surface area contributed by atoms with Gasteiger partial charge in [0, 0.05) is 10.9 Å². The molecule has 3 heteroatoms. The third-order valence-corrected chi connectivity index (χ3v) is 2.87. The number of imidazole rings is 1. The van der Waals surface area contributed by atoms with Gasteiger partial charge in [0.25, 0.3) is 5.82 Å². The second-order valence-electron chi connectivity index (χ2n) is 3.94. The molecule has 0 aliphatic rings. The highest BCUT2D eigenvalue weighted by atomic mass is 79.9. The molecule has 0 unspecified atom stereocenters. The van der Waals surface area contributed by atoms with Crippen molar-refractivity contribution in [2.24, 2.45) is 0 Å². The lowest BCUT2D eigenvalue weighted by atomic mass is 10.3. The van der Waals surface area contributed by atoms with Crippen molar-refractivity contribution in [2.45, 2.75) is 26.3 Å². The smallest absolute Gasteiger partial charge is 0.241 e. The largest absolute Gasteiger partial charge is 0.255 e. The van der Waals surface area contributed by atoms with Crippen LogP contribution in [0.2, 0.25) is 0 Å². The molecule has 1 aromatic carbocycles. The molecule has 0 amide bonds. The van der Waals surface area contributed by atoms with Gasteiger partial charge in [0.15, 0.2) is 11.0 Å². The minimum absolute atomic E-state index is 0.819. The standard InChI is InChI=1S/C13H15BrN2/c1-3-6-13-15-11-7-4-5-8-12(11)16(13)9-10(2)14/h4-5,7-8H,2-3,6,9H2,1H3/p+1. The quantitative estimate of drug-likeness (QED) is 0.829. The summed E-state index contributed by atoms with van der Waals surface area (Å²) in [6.45, 7) is 6.93. The van der Waals surface area contributed by atoms with Gasteiger partial charge in [-0.15, -0.1) is 0 Å². The highest BCUT2D eigenvalue weighted by Crippen LogP contribution is 2.12. The molecule has 0 atom stereocenters. The van der Waals surface area contributed by atoms with E-state index in [9.17, 15) is 0 Å². The van der Waals surface area contributed by atoms with E-state index in [0.717, 1.165) is 23.9 Å². The number of halogens is 1. The fraction of sp³-hybridized carbons (Fsp3) is 0.308. The molecule has 16 heavy (non-hydrogen) atoms. The zero-order valence-corrected chi connectivity index (χ0v) is 11.0. The summed E-state index contributed by atoms with van der Waals surface area (Å²) in [5, 5.41) is 0. The van der Waals surface area contributed by atoms with Crippen molar-refractivity contribution in [3.63, 3.8) is 0 Å². The van der Waals surface area contributed by atoms with Gasteiger partial charge in [-0.2, -0.15) is 0 Å². The molecule has 0 spiro atoms. The van der Waals surface area contributed by atoms with Gasteiger partial charge in [-0.25, -0.2) is 9.55 Å². The van der Waals surface area contributed by atoms with Crippen LogP contribution in [0.25, 0.3) is 11.0 Å². The molecule has 0 bridgehead atoms. The zero-order chi connectivity index (χ0) is 11.5. The average Bonchev–Trinajstić information content (AvgIpc) is 2.57. The topological polar surface area (TPSA) is 19.7 Å². The molecule has 1 N–H and O–H groups in total. The van der Waals surface area contributed by atoms with E-state index in [1.165, 1.54) is 16.9 Å². The molecular weight excluding hydrogens is 264 g/mol. The summed E-state index contributed by atoms with van der Waals surface area (Å²) in [7, 11) is 0. The number of rotatable bonds is 4. The number of benzene rings is 1. The van der Waals surface area contributed by atoms with Crippen LogP contribution in [0.15, 0.2) is 35.3 Å². The number of para-hydroxylation sites is 2. The Morgan fingerprint density at radius 2 is 2.19 bits per heavy atom. The van der Waals surface area contributed by atoms with E-state index in [1.807, 2.05) is 0 Å². The normalized spacial score (nSPS) is 10.9. The number of aromatic amines is 1. The Hall–Kier alpha value is -1.09. The second kappa shape index (κ2) is 4.83. The summed E-state index contributed by atoms with van der Waals surface area (Å²) in [6, 6.07) is 8.38. The monoisotopic (exact) mass is 279 g/mol. The molecule has 0 aliphatic carbocycles. The summed E-state index contributed by atoms with van der Waals surface area (Å²) in [5.41, 5.74) is 2.44. The predicted octanol–water partition coefficient (Wildman–Crippen LogP) is 3.32. The lowest BCUT2D eigenvalue weighted by molar-refractivity contribution is -0.669. The van der Waals surface area contributed by atoms with Crippen molar-refractivity contribution in [2.75, 3.05) is 0 Å². The molecule has 84 valence electrons. The number of aromatic nitrogens is 2. The van der Waals surface area contributed by atoms with Crippen molar-refractivity contribution in [3.05, 3.63) is 41.2 Å². The van der Waals surface area contributed by atoms with Gasteiger partial charge < -0.3 is 0 Å². The van der Waals surface area contributed by atoms with Crippen molar-refractivity contribution in [1.82, 2.24) is 4.98 Å². The molecule has 0 saturated heterocycles. The summed E-state index contributed by atoms with van der Waals surface area (Å²) < 4.78 is 3.29. The first-order valence-corrected chi connectivity index (χ1v) is 6.34. The van der Waals surface area contributed by atoms with Crippen LogP contribution in [0, 0.1) is 0 Å². The van der Waals surface area contributed by atoms with E-state index in [2.05, 4.69) is 63.2 Å². The number of hydrogen-bond donors (Lipinski definition) is 1. The average molecular weight is 280 g/mol. The molecule has 0 aliphatic heterocycles. The number of aryl methyl sites for hydroxylation is 1. The molecule has 0 fully saturated rings.